The van der Waals surface area contributed by atoms with E-state index in [-0.39, 0.29) is 5.97 Å². The quantitative estimate of drug-likeness (QED) is 0.294. The van der Waals surface area contributed by atoms with Crippen LogP contribution in [0.1, 0.15) is 67.7 Å². The van der Waals surface area contributed by atoms with Crippen LogP contribution in [0.5, 0.6) is 0 Å². The fourth-order valence-corrected chi connectivity index (χ4v) is 4.09. The molecule has 2 heterocycles. The van der Waals surface area contributed by atoms with Crippen LogP contribution in [0.4, 0.5) is 0 Å². The topological polar surface area (TPSA) is 43.6 Å². The van der Waals surface area contributed by atoms with Gasteiger partial charge >= 0.3 is 5.97 Å². The first-order valence-corrected chi connectivity index (χ1v) is 11.7. The van der Waals surface area contributed by atoms with Crippen molar-refractivity contribution in [1.29, 1.82) is 0 Å². The Morgan fingerprint density at radius 1 is 0.970 bits per heavy atom. The molecule has 4 aromatic rings. The Balaban J connectivity index is 1.62. The Morgan fingerprint density at radius 2 is 1.70 bits per heavy atom. The number of aryl methyl sites for hydroxylation is 1. The van der Waals surface area contributed by atoms with E-state index in [1.165, 1.54) is 22.3 Å². The van der Waals surface area contributed by atoms with Gasteiger partial charge in [-0.25, -0.2) is 9.31 Å². The van der Waals surface area contributed by atoms with Crippen molar-refractivity contribution < 1.29 is 9.53 Å². The molecule has 0 saturated carbocycles. The molecule has 4 rings (SSSR count). The van der Waals surface area contributed by atoms with Gasteiger partial charge in [-0.2, -0.15) is 5.10 Å². The van der Waals surface area contributed by atoms with Gasteiger partial charge in [0.1, 0.15) is 5.60 Å². The molecule has 0 amide bonds. The molecule has 0 aliphatic carbocycles. The Morgan fingerprint density at radius 3 is 2.42 bits per heavy atom. The normalized spacial score (nSPS) is 11.6. The molecule has 4 heteroatoms. The van der Waals surface area contributed by atoms with Crippen LogP contribution in [0.2, 0.25) is 0 Å². The van der Waals surface area contributed by atoms with Gasteiger partial charge in [0.2, 0.25) is 0 Å². The fourth-order valence-electron chi connectivity index (χ4n) is 4.09. The molecule has 0 aliphatic rings. The molecular weight excluding hydrogens is 408 g/mol. The molecule has 170 valence electrons. The Bertz CT molecular complexity index is 1250. The summed E-state index contributed by atoms with van der Waals surface area (Å²) >= 11 is 0. The highest BCUT2D eigenvalue weighted by atomic mass is 16.6. The van der Waals surface area contributed by atoms with Crippen molar-refractivity contribution >= 4 is 11.5 Å². The number of carbonyl (C=O) groups is 1. The number of ether oxygens (including phenoxy) is 1. The summed E-state index contributed by atoms with van der Waals surface area (Å²) in [6.07, 6.45) is 6.14. The summed E-state index contributed by atoms with van der Waals surface area (Å²) in [5.74, 6) is -0.297. The first kappa shape index (κ1) is 22.8. The number of nitrogens with zero attached hydrogens (tertiary/aromatic N) is 2. The largest absolute Gasteiger partial charge is 0.456 e. The summed E-state index contributed by atoms with van der Waals surface area (Å²) in [7, 11) is 0. The highest BCUT2D eigenvalue weighted by molar-refractivity contribution is 5.97. The van der Waals surface area contributed by atoms with E-state index in [4.69, 9.17) is 9.84 Å². The molecule has 2 aromatic heterocycles. The van der Waals surface area contributed by atoms with Crippen molar-refractivity contribution in [3.05, 3.63) is 95.3 Å². The van der Waals surface area contributed by atoms with E-state index in [1.807, 2.05) is 61.8 Å². The lowest BCUT2D eigenvalue weighted by Gasteiger charge is -2.20. The number of hydrogen-bond donors (Lipinski definition) is 0. The average molecular weight is 441 g/mol. The molecular formula is C29H32N2O2. The monoisotopic (exact) mass is 440 g/mol. The molecule has 0 saturated heterocycles. The summed E-state index contributed by atoms with van der Waals surface area (Å²) in [5, 5.41) is 4.84. The molecule has 2 aromatic carbocycles. The van der Waals surface area contributed by atoms with Gasteiger partial charge in [-0.05, 0) is 68.5 Å². The van der Waals surface area contributed by atoms with E-state index >= 15 is 0 Å². The van der Waals surface area contributed by atoms with Gasteiger partial charge in [-0.3, -0.25) is 0 Å². The van der Waals surface area contributed by atoms with Crippen LogP contribution in [0.15, 0.2) is 72.9 Å². The average Bonchev–Trinajstić information content (AvgIpc) is 3.14. The van der Waals surface area contributed by atoms with Crippen LogP contribution in [0.3, 0.4) is 0 Å². The number of fused-ring (bicyclic) bond motifs is 1. The van der Waals surface area contributed by atoms with Crippen LogP contribution in [-0.4, -0.2) is 21.2 Å². The number of esters is 1. The zero-order valence-corrected chi connectivity index (χ0v) is 20.0. The second-order valence-electron chi connectivity index (χ2n) is 9.48. The lowest BCUT2D eigenvalue weighted by atomic mass is 9.96. The Hall–Kier alpha value is -3.40. The van der Waals surface area contributed by atoms with Gasteiger partial charge in [0.25, 0.3) is 0 Å². The minimum absolute atomic E-state index is 0.297. The van der Waals surface area contributed by atoms with Crippen molar-refractivity contribution in [2.24, 2.45) is 0 Å². The molecule has 0 radical (unpaired) electrons. The van der Waals surface area contributed by atoms with Crippen LogP contribution < -0.4 is 0 Å². The molecule has 0 spiro atoms. The summed E-state index contributed by atoms with van der Waals surface area (Å²) in [4.78, 5) is 12.7. The van der Waals surface area contributed by atoms with Gasteiger partial charge < -0.3 is 4.74 Å². The number of rotatable bonds is 7. The Labute approximate surface area is 196 Å². The number of pyridine rings is 1. The van der Waals surface area contributed by atoms with Gasteiger partial charge in [0.15, 0.2) is 0 Å². The SMILES string of the molecule is CCCCc1nn2ccccc2c1Cc1ccc(-c2ccccc2C(=O)OC(C)(C)C)cc1. The van der Waals surface area contributed by atoms with Crippen molar-refractivity contribution in [3.8, 4) is 11.1 Å². The van der Waals surface area contributed by atoms with E-state index in [2.05, 4.69) is 43.3 Å². The smallest absolute Gasteiger partial charge is 0.339 e. The summed E-state index contributed by atoms with van der Waals surface area (Å²) in [5.41, 5.74) is 6.83. The lowest BCUT2D eigenvalue weighted by Crippen LogP contribution is -2.24. The number of aromatic nitrogens is 2. The third-order valence-corrected chi connectivity index (χ3v) is 5.68. The second-order valence-corrected chi connectivity index (χ2v) is 9.48. The molecule has 0 N–H and O–H groups in total. The first-order valence-electron chi connectivity index (χ1n) is 11.7. The van der Waals surface area contributed by atoms with E-state index in [0.29, 0.717) is 5.56 Å². The van der Waals surface area contributed by atoms with Crippen LogP contribution in [-0.2, 0) is 17.6 Å². The van der Waals surface area contributed by atoms with Gasteiger partial charge in [-0.1, -0.05) is 61.9 Å². The minimum Gasteiger partial charge on any atom is -0.456 e. The lowest BCUT2D eigenvalue weighted by molar-refractivity contribution is 0.00704. The van der Waals surface area contributed by atoms with Crippen LogP contribution >= 0.6 is 0 Å². The standard InChI is InChI=1S/C29H32N2O2/c1-5-6-13-26-25(27-14-9-10-19-31(27)30-26)20-21-15-17-22(18-16-21)23-11-7-8-12-24(23)28(32)33-29(2,3)4/h7-12,14-19H,5-6,13,20H2,1-4H3. The van der Waals surface area contributed by atoms with E-state index in [1.54, 1.807) is 0 Å². The van der Waals surface area contributed by atoms with Crippen molar-refractivity contribution in [2.45, 2.75) is 59.0 Å². The molecule has 0 bridgehead atoms. The maximum absolute atomic E-state index is 12.7. The maximum Gasteiger partial charge on any atom is 0.339 e. The molecule has 0 atom stereocenters. The zero-order valence-electron chi connectivity index (χ0n) is 20.0. The highest BCUT2D eigenvalue weighted by Gasteiger charge is 2.20. The number of carbonyl (C=O) groups excluding carboxylic acids is 1. The second kappa shape index (κ2) is 9.62. The van der Waals surface area contributed by atoms with Crippen LogP contribution in [0.25, 0.3) is 16.6 Å². The summed E-state index contributed by atoms with van der Waals surface area (Å²) in [6.45, 7) is 7.87. The van der Waals surface area contributed by atoms with Crippen LogP contribution in [0, 0.1) is 0 Å². The van der Waals surface area contributed by atoms with Gasteiger partial charge in [-0.15, -0.1) is 0 Å². The highest BCUT2D eigenvalue weighted by Crippen LogP contribution is 2.28. The number of hydrogen-bond acceptors (Lipinski definition) is 3. The van der Waals surface area contributed by atoms with Crippen molar-refractivity contribution in [1.82, 2.24) is 9.61 Å². The number of benzene rings is 2. The minimum atomic E-state index is -0.530. The summed E-state index contributed by atoms with van der Waals surface area (Å²) in [6, 6.07) is 22.4. The van der Waals surface area contributed by atoms with Gasteiger partial charge in [0.05, 0.1) is 16.8 Å². The van der Waals surface area contributed by atoms with Crippen molar-refractivity contribution in [2.75, 3.05) is 0 Å². The Kier molecular flexibility index (Phi) is 6.64. The van der Waals surface area contributed by atoms with Gasteiger partial charge in [0, 0.05) is 18.2 Å². The number of unbranched alkanes of at least 4 members (excludes halogenated alkanes) is 1. The fraction of sp³-hybridized carbons (Fsp3) is 0.310. The van der Waals surface area contributed by atoms with E-state index in [0.717, 1.165) is 36.8 Å². The maximum atomic E-state index is 12.7. The van der Waals surface area contributed by atoms with Crippen molar-refractivity contribution in [3.63, 3.8) is 0 Å². The molecule has 4 nitrogen and oxygen atoms in total. The zero-order chi connectivity index (χ0) is 23.4. The third-order valence-electron chi connectivity index (χ3n) is 5.68. The third kappa shape index (κ3) is 5.33. The van der Waals surface area contributed by atoms with E-state index in [9.17, 15) is 4.79 Å². The first-order chi connectivity index (χ1) is 15.9. The summed E-state index contributed by atoms with van der Waals surface area (Å²) < 4.78 is 7.61. The van der Waals surface area contributed by atoms with E-state index < -0.39 is 5.60 Å². The predicted molar refractivity (Wildman–Crippen MR) is 134 cm³/mol. The molecule has 33 heavy (non-hydrogen) atoms. The molecule has 0 fully saturated rings. The molecule has 0 aliphatic heterocycles. The molecule has 0 unspecified atom stereocenters. The predicted octanol–water partition coefficient (Wildman–Crippen LogP) is 6.89.